The summed E-state index contributed by atoms with van der Waals surface area (Å²) in [6.45, 7) is 4.12. The van der Waals surface area contributed by atoms with Crippen LogP contribution in [0.25, 0.3) is 0 Å². The van der Waals surface area contributed by atoms with Crippen molar-refractivity contribution in [3.63, 3.8) is 0 Å². The van der Waals surface area contributed by atoms with Crippen LogP contribution >= 0.6 is 0 Å². The second kappa shape index (κ2) is 3.90. The van der Waals surface area contributed by atoms with Gasteiger partial charge in [-0.15, -0.1) is 0 Å². The Morgan fingerprint density at radius 2 is 1.72 bits per heavy atom. The lowest BCUT2D eigenvalue weighted by Gasteiger charge is -2.26. The van der Waals surface area contributed by atoms with Crippen molar-refractivity contribution >= 4 is 17.3 Å². The van der Waals surface area contributed by atoms with Gasteiger partial charge in [0.1, 0.15) is 30.3 Å². The van der Waals surface area contributed by atoms with Crippen LogP contribution in [0.15, 0.2) is 25.0 Å². The SMILES string of the molecule is Cc1cncnc1N1c2cncnc2N(C)C1C. The van der Waals surface area contributed by atoms with E-state index in [1.54, 1.807) is 12.7 Å². The molecule has 1 atom stereocenters. The minimum absolute atomic E-state index is 0.158. The first-order chi connectivity index (χ1) is 8.70. The maximum Gasteiger partial charge on any atom is 0.157 e. The highest BCUT2D eigenvalue weighted by Gasteiger charge is 2.34. The second-order valence-corrected chi connectivity index (χ2v) is 4.37. The van der Waals surface area contributed by atoms with Crippen molar-refractivity contribution in [3.05, 3.63) is 30.6 Å². The van der Waals surface area contributed by atoms with Crippen molar-refractivity contribution in [1.82, 2.24) is 19.9 Å². The molecular weight excluding hydrogens is 228 g/mol. The topological polar surface area (TPSA) is 58.0 Å². The highest BCUT2D eigenvalue weighted by Crippen LogP contribution is 2.40. The van der Waals surface area contributed by atoms with Gasteiger partial charge in [0.15, 0.2) is 5.82 Å². The van der Waals surface area contributed by atoms with Crippen LogP contribution in [0, 0.1) is 6.92 Å². The van der Waals surface area contributed by atoms with E-state index < -0.39 is 0 Å². The number of rotatable bonds is 1. The average Bonchev–Trinajstić information content (AvgIpc) is 2.64. The lowest BCUT2D eigenvalue weighted by molar-refractivity contribution is 0.719. The standard InChI is InChI=1S/C12H14N6/c1-8-4-13-6-15-11(8)18-9(2)17(3)12-10(18)5-14-7-16-12/h4-7,9H,1-3H3. The van der Waals surface area contributed by atoms with Crippen molar-refractivity contribution in [3.8, 4) is 0 Å². The fourth-order valence-electron chi connectivity index (χ4n) is 2.24. The summed E-state index contributed by atoms with van der Waals surface area (Å²) >= 11 is 0. The Bertz CT molecular complexity index is 584. The van der Waals surface area contributed by atoms with E-state index in [1.807, 2.05) is 26.4 Å². The number of fused-ring (bicyclic) bond motifs is 1. The molecule has 1 aliphatic rings. The Morgan fingerprint density at radius 1 is 1.06 bits per heavy atom. The molecule has 0 aliphatic carbocycles. The smallest absolute Gasteiger partial charge is 0.157 e. The van der Waals surface area contributed by atoms with Crippen LogP contribution in [-0.4, -0.2) is 33.1 Å². The minimum atomic E-state index is 0.158. The van der Waals surface area contributed by atoms with Crippen LogP contribution in [0.1, 0.15) is 12.5 Å². The number of hydrogen-bond acceptors (Lipinski definition) is 6. The molecule has 18 heavy (non-hydrogen) atoms. The quantitative estimate of drug-likeness (QED) is 0.755. The summed E-state index contributed by atoms with van der Waals surface area (Å²) < 4.78 is 0. The molecule has 0 saturated carbocycles. The zero-order chi connectivity index (χ0) is 12.7. The van der Waals surface area contributed by atoms with E-state index in [4.69, 9.17) is 0 Å². The molecule has 2 aromatic rings. The lowest BCUT2D eigenvalue weighted by atomic mass is 10.3. The van der Waals surface area contributed by atoms with E-state index in [0.717, 1.165) is 22.9 Å². The van der Waals surface area contributed by atoms with Crippen molar-refractivity contribution in [2.75, 3.05) is 16.8 Å². The van der Waals surface area contributed by atoms with Crippen molar-refractivity contribution in [1.29, 1.82) is 0 Å². The van der Waals surface area contributed by atoms with Crippen molar-refractivity contribution < 1.29 is 0 Å². The van der Waals surface area contributed by atoms with E-state index >= 15 is 0 Å². The van der Waals surface area contributed by atoms with E-state index in [-0.39, 0.29) is 6.17 Å². The van der Waals surface area contributed by atoms with Gasteiger partial charge in [-0.2, -0.15) is 0 Å². The molecule has 0 saturated heterocycles. The molecule has 3 rings (SSSR count). The van der Waals surface area contributed by atoms with Gasteiger partial charge in [0, 0.05) is 18.8 Å². The monoisotopic (exact) mass is 242 g/mol. The zero-order valence-electron chi connectivity index (χ0n) is 10.6. The van der Waals surface area contributed by atoms with E-state index in [2.05, 4.69) is 36.7 Å². The number of anilines is 3. The van der Waals surface area contributed by atoms with Crippen molar-refractivity contribution in [2.24, 2.45) is 0 Å². The third kappa shape index (κ3) is 1.42. The molecule has 0 N–H and O–H groups in total. The summed E-state index contributed by atoms with van der Waals surface area (Å²) in [4.78, 5) is 21.1. The second-order valence-electron chi connectivity index (χ2n) is 4.37. The summed E-state index contributed by atoms with van der Waals surface area (Å²) in [5, 5.41) is 0. The van der Waals surface area contributed by atoms with Crippen LogP contribution in [-0.2, 0) is 0 Å². The summed E-state index contributed by atoms with van der Waals surface area (Å²) in [5.74, 6) is 1.83. The Labute approximate surface area is 105 Å². The third-order valence-corrected chi connectivity index (χ3v) is 3.30. The number of aromatic nitrogens is 4. The highest BCUT2D eigenvalue weighted by atomic mass is 15.4. The van der Waals surface area contributed by atoms with Gasteiger partial charge in [0.25, 0.3) is 0 Å². The summed E-state index contributed by atoms with van der Waals surface area (Å²) in [7, 11) is 2.02. The lowest BCUT2D eigenvalue weighted by Crippen LogP contribution is -2.36. The maximum atomic E-state index is 4.38. The predicted molar refractivity (Wildman–Crippen MR) is 68.8 cm³/mol. The summed E-state index contributed by atoms with van der Waals surface area (Å²) in [6, 6.07) is 0. The molecular formula is C12H14N6. The Kier molecular flexibility index (Phi) is 2.36. The van der Waals surface area contributed by atoms with Gasteiger partial charge in [-0.05, 0) is 13.8 Å². The molecule has 2 aromatic heterocycles. The zero-order valence-corrected chi connectivity index (χ0v) is 10.6. The molecule has 0 fully saturated rings. The molecule has 0 aromatic carbocycles. The van der Waals surface area contributed by atoms with Crippen molar-refractivity contribution in [2.45, 2.75) is 20.0 Å². The van der Waals surface area contributed by atoms with E-state index in [1.165, 1.54) is 0 Å². The van der Waals surface area contributed by atoms with Gasteiger partial charge in [0.2, 0.25) is 0 Å². The molecule has 0 spiro atoms. The molecule has 0 bridgehead atoms. The van der Waals surface area contributed by atoms with E-state index in [9.17, 15) is 0 Å². The largest absolute Gasteiger partial charge is 0.337 e. The average molecular weight is 242 g/mol. The first-order valence-corrected chi connectivity index (χ1v) is 5.79. The number of nitrogens with zero attached hydrogens (tertiary/aromatic N) is 6. The van der Waals surface area contributed by atoms with Crippen LogP contribution in [0.5, 0.6) is 0 Å². The van der Waals surface area contributed by atoms with Crippen LogP contribution in [0.3, 0.4) is 0 Å². The highest BCUT2D eigenvalue weighted by molar-refractivity contribution is 5.79. The normalized spacial score (nSPS) is 18.1. The van der Waals surface area contributed by atoms with E-state index in [0.29, 0.717) is 0 Å². The number of aryl methyl sites for hydroxylation is 1. The van der Waals surface area contributed by atoms with Gasteiger partial charge >= 0.3 is 0 Å². The summed E-state index contributed by atoms with van der Waals surface area (Å²) in [6.07, 6.45) is 6.93. The molecule has 3 heterocycles. The van der Waals surface area contributed by atoms with Gasteiger partial charge < -0.3 is 9.80 Å². The molecule has 1 unspecified atom stereocenters. The molecule has 0 amide bonds. The molecule has 0 radical (unpaired) electrons. The van der Waals surface area contributed by atoms with Crippen LogP contribution < -0.4 is 9.80 Å². The Morgan fingerprint density at radius 3 is 2.44 bits per heavy atom. The molecule has 6 nitrogen and oxygen atoms in total. The van der Waals surface area contributed by atoms with Gasteiger partial charge in [-0.25, -0.2) is 19.9 Å². The first kappa shape index (κ1) is 10.9. The minimum Gasteiger partial charge on any atom is -0.337 e. The third-order valence-electron chi connectivity index (χ3n) is 3.30. The first-order valence-electron chi connectivity index (χ1n) is 5.79. The van der Waals surface area contributed by atoms with Crippen LogP contribution in [0.2, 0.25) is 0 Å². The Balaban J connectivity index is 2.16. The van der Waals surface area contributed by atoms with Gasteiger partial charge in [-0.1, -0.05) is 0 Å². The predicted octanol–water partition coefficient (Wildman–Crippen LogP) is 1.51. The fraction of sp³-hybridized carbons (Fsp3) is 0.333. The number of hydrogen-bond donors (Lipinski definition) is 0. The van der Waals surface area contributed by atoms with Gasteiger partial charge in [0.05, 0.1) is 6.20 Å². The molecule has 6 heteroatoms. The maximum absolute atomic E-state index is 4.38. The fourth-order valence-corrected chi connectivity index (χ4v) is 2.24. The molecule has 1 aliphatic heterocycles. The molecule has 92 valence electrons. The summed E-state index contributed by atoms with van der Waals surface area (Å²) in [5.41, 5.74) is 2.02. The Hall–Kier alpha value is -2.24. The van der Waals surface area contributed by atoms with Gasteiger partial charge in [-0.3, -0.25) is 0 Å². The van der Waals surface area contributed by atoms with Crippen LogP contribution in [0.4, 0.5) is 17.3 Å².